The molecule has 1 aromatic carbocycles. The standard InChI is InChI=1S/C15H23ClN2O2S/c1-11(2)12-6-7-14(16)15(9-12)21(19,20)18-8-4-3-5-13(18)10-17/h6-7,9,11,13H,3-5,8,10,17H2,1-2H3. The fourth-order valence-electron chi connectivity index (χ4n) is 2.73. The quantitative estimate of drug-likeness (QED) is 0.923. The third-order valence-corrected chi connectivity index (χ3v) is 6.49. The predicted molar refractivity (Wildman–Crippen MR) is 86.1 cm³/mol. The van der Waals surface area contributed by atoms with E-state index in [0.29, 0.717) is 13.1 Å². The number of benzene rings is 1. The SMILES string of the molecule is CC(C)c1ccc(Cl)c(S(=O)(=O)N2CCCCC2CN)c1. The highest BCUT2D eigenvalue weighted by atomic mass is 35.5. The number of hydrogen-bond donors (Lipinski definition) is 1. The highest BCUT2D eigenvalue weighted by molar-refractivity contribution is 7.89. The lowest BCUT2D eigenvalue weighted by Gasteiger charge is -2.34. The summed E-state index contributed by atoms with van der Waals surface area (Å²) in [6.45, 7) is 4.93. The Morgan fingerprint density at radius 1 is 1.38 bits per heavy atom. The Bertz CT molecular complexity index is 602. The Hall–Kier alpha value is -0.620. The summed E-state index contributed by atoms with van der Waals surface area (Å²) in [5.74, 6) is 0.253. The fourth-order valence-corrected chi connectivity index (χ4v) is 4.94. The summed E-state index contributed by atoms with van der Waals surface area (Å²) in [7, 11) is -3.59. The molecule has 0 spiro atoms. The van der Waals surface area contributed by atoms with Crippen molar-refractivity contribution >= 4 is 21.6 Å². The molecule has 1 aliphatic rings. The number of sulfonamides is 1. The molecule has 6 heteroatoms. The van der Waals surface area contributed by atoms with Crippen LogP contribution in [0.4, 0.5) is 0 Å². The first-order valence-electron chi connectivity index (χ1n) is 7.39. The Balaban J connectivity index is 2.45. The zero-order chi connectivity index (χ0) is 15.6. The van der Waals surface area contributed by atoms with Gasteiger partial charge in [-0.15, -0.1) is 0 Å². The number of halogens is 1. The number of rotatable bonds is 4. The summed E-state index contributed by atoms with van der Waals surface area (Å²) in [6, 6.07) is 5.13. The van der Waals surface area contributed by atoms with Crippen molar-refractivity contribution < 1.29 is 8.42 Å². The maximum absolute atomic E-state index is 12.9. The first kappa shape index (κ1) is 16.7. The normalized spacial score (nSPS) is 20.9. The lowest BCUT2D eigenvalue weighted by Crippen LogP contribution is -2.47. The summed E-state index contributed by atoms with van der Waals surface area (Å²) in [5.41, 5.74) is 6.72. The van der Waals surface area contributed by atoms with Gasteiger partial charge in [-0.1, -0.05) is 37.9 Å². The van der Waals surface area contributed by atoms with Crippen LogP contribution < -0.4 is 5.73 Å². The van der Waals surface area contributed by atoms with Crippen LogP contribution in [0.15, 0.2) is 23.1 Å². The summed E-state index contributed by atoms with van der Waals surface area (Å²) in [5, 5.41) is 0.278. The van der Waals surface area contributed by atoms with Gasteiger partial charge in [-0.05, 0) is 36.5 Å². The minimum absolute atomic E-state index is 0.123. The summed E-state index contributed by atoms with van der Waals surface area (Å²) in [4.78, 5) is 0.204. The molecular weight excluding hydrogens is 308 g/mol. The molecular formula is C15H23ClN2O2S. The van der Waals surface area contributed by atoms with Crippen LogP contribution in [0, 0.1) is 0 Å². The number of hydrogen-bond acceptors (Lipinski definition) is 3. The molecule has 1 atom stereocenters. The molecule has 1 aromatic rings. The zero-order valence-electron chi connectivity index (χ0n) is 12.5. The van der Waals surface area contributed by atoms with E-state index < -0.39 is 10.0 Å². The Labute approximate surface area is 132 Å². The van der Waals surface area contributed by atoms with Crippen LogP contribution in [-0.4, -0.2) is 31.9 Å². The molecule has 0 aromatic heterocycles. The average Bonchev–Trinajstić information content (AvgIpc) is 2.47. The van der Waals surface area contributed by atoms with Crippen LogP contribution in [-0.2, 0) is 10.0 Å². The molecule has 0 aliphatic carbocycles. The molecule has 1 unspecified atom stereocenters. The molecule has 0 bridgehead atoms. The van der Waals surface area contributed by atoms with Gasteiger partial charge in [0.15, 0.2) is 0 Å². The van der Waals surface area contributed by atoms with Crippen molar-refractivity contribution in [1.29, 1.82) is 0 Å². The molecule has 0 amide bonds. The minimum Gasteiger partial charge on any atom is -0.329 e. The van der Waals surface area contributed by atoms with Crippen molar-refractivity contribution in [2.45, 2.75) is 50.0 Å². The predicted octanol–water partition coefficient (Wildman–Crippen LogP) is 2.97. The van der Waals surface area contributed by atoms with E-state index in [1.165, 1.54) is 4.31 Å². The van der Waals surface area contributed by atoms with Crippen molar-refractivity contribution in [3.05, 3.63) is 28.8 Å². The van der Waals surface area contributed by atoms with Gasteiger partial charge in [0.1, 0.15) is 4.90 Å². The van der Waals surface area contributed by atoms with E-state index in [0.717, 1.165) is 24.8 Å². The van der Waals surface area contributed by atoms with Crippen molar-refractivity contribution in [3.63, 3.8) is 0 Å². The lowest BCUT2D eigenvalue weighted by molar-refractivity contribution is 0.257. The average molecular weight is 331 g/mol. The minimum atomic E-state index is -3.59. The third kappa shape index (κ3) is 3.42. The topological polar surface area (TPSA) is 63.4 Å². The maximum Gasteiger partial charge on any atom is 0.244 e. The molecule has 1 fully saturated rings. The second-order valence-corrected chi connectivity index (χ2v) is 8.11. The van der Waals surface area contributed by atoms with E-state index >= 15 is 0 Å². The molecule has 2 N–H and O–H groups in total. The Morgan fingerprint density at radius 3 is 2.71 bits per heavy atom. The zero-order valence-corrected chi connectivity index (χ0v) is 14.1. The van der Waals surface area contributed by atoms with Crippen LogP contribution in [0.5, 0.6) is 0 Å². The van der Waals surface area contributed by atoms with Gasteiger partial charge in [0, 0.05) is 19.1 Å². The van der Waals surface area contributed by atoms with Crippen molar-refractivity contribution in [2.75, 3.05) is 13.1 Å². The second kappa shape index (κ2) is 6.65. The van der Waals surface area contributed by atoms with E-state index in [2.05, 4.69) is 0 Å². The second-order valence-electron chi connectivity index (χ2n) is 5.85. The summed E-state index contributed by atoms with van der Waals surface area (Å²) < 4.78 is 27.4. The molecule has 1 heterocycles. The van der Waals surface area contributed by atoms with E-state index in [4.69, 9.17) is 17.3 Å². The summed E-state index contributed by atoms with van der Waals surface area (Å²) >= 11 is 6.16. The molecule has 1 saturated heterocycles. The molecule has 21 heavy (non-hydrogen) atoms. The van der Waals surface area contributed by atoms with Crippen LogP contribution in [0.3, 0.4) is 0 Å². The van der Waals surface area contributed by atoms with Gasteiger partial charge < -0.3 is 5.73 Å². The van der Waals surface area contributed by atoms with Gasteiger partial charge in [-0.2, -0.15) is 4.31 Å². The summed E-state index contributed by atoms with van der Waals surface area (Å²) in [6.07, 6.45) is 2.71. The molecule has 1 aliphatic heterocycles. The van der Waals surface area contributed by atoms with E-state index in [1.807, 2.05) is 19.9 Å². The van der Waals surface area contributed by atoms with Crippen molar-refractivity contribution in [3.8, 4) is 0 Å². The molecule has 4 nitrogen and oxygen atoms in total. The van der Waals surface area contributed by atoms with Gasteiger partial charge in [-0.25, -0.2) is 8.42 Å². The van der Waals surface area contributed by atoms with Crippen molar-refractivity contribution in [1.82, 2.24) is 4.31 Å². The van der Waals surface area contributed by atoms with Crippen molar-refractivity contribution in [2.24, 2.45) is 5.73 Å². The van der Waals surface area contributed by atoms with Crippen LogP contribution in [0.25, 0.3) is 0 Å². The first-order chi connectivity index (χ1) is 9.87. The van der Waals surface area contributed by atoms with Gasteiger partial charge >= 0.3 is 0 Å². The van der Waals surface area contributed by atoms with Gasteiger partial charge in [0.25, 0.3) is 0 Å². The Kier molecular flexibility index (Phi) is 5.30. The van der Waals surface area contributed by atoms with Crippen LogP contribution in [0.2, 0.25) is 5.02 Å². The molecule has 0 radical (unpaired) electrons. The smallest absolute Gasteiger partial charge is 0.244 e. The van der Waals surface area contributed by atoms with Gasteiger partial charge in [-0.3, -0.25) is 0 Å². The fraction of sp³-hybridized carbons (Fsp3) is 0.600. The number of nitrogens with two attached hydrogens (primary N) is 1. The molecule has 0 saturated carbocycles. The van der Waals surface area contributed by atoms with E-state index in [1.54, 1.807) is 12.1 Å². The number of piperidine rings is 1. The first-order valence-corrected chi connectivity index (χ1v) is 9.21. The Morgan fingerprint density at radius 2 is 2.10 bits per heavy atom. The van der Waals surface area contributed by atoms with Crippen LogP contribution >= 0.6 is 11.6 Å². The largest absolute Gasteiger partial charge is 0.329 e. The monoisotopic (exact) mass is 330 g/mol. The van der Waals surface area contributed by atoms with Crippen LogP contribution in [0.1, 0.15) is 44.6 Å². The number of nitrogens with zero attached hydrogens (tertiary/aromatic N) is 1. The highest BCUT2D eigenvalue weighted by Crippen LogP contribution is 2.31. The molecule has 118 valence electrons. The van der Waals surface area contributed by atoms with E-state index in [9.17, 15) is 8.42 Å². The maximum atomic E-state index is 12.9. The third-order valence-electron chi connectivity index (χ3n) is 4.05. The van der Waals surface area contributed by atoms with Gasteiger partial charge in [0.2, 0.25) is 10.0 Å². The molecule has 2 rings (SSSR count). The lowest BCUT2D eigenvalue weighted by atomic mass is 10.0. The van der Waals surface area contributed by atoms with E-state index in [-0.39, 0.29) is 21.9 Å². The van der Waals surface area contributed by atoms with Gasteiger partial charge in [0.05, 0.1) is 5.02 Å². The highest BCUT2D eigenvalue weighted by Gasteiger charge is 2.34.